The minimum absolute atomic E-state index is 0.0748. The fraction of sp³-hybridized carbons (Fsp3) is 0.714. The second kappa shape index (κ2) is 3.94. The number of carboxylic acid groups (broad SMARTS) is 1. The molecule has 0 aliphatic rings. The highest BCUT2D eigenvalue weighted by molar-refractivity contribution is 5.66. The first-order valence-electron chi connectivity index (χ1n) is 3.39. The second-order valence-electron chi connectivity index (χ2n) is 2.91. The molecule has 1 N–H and O–H groups in total. The van der Waals surface area contributed by atoms with E-state index in [0.717, 1.165) is 0 Å². The fourth-order valence-corrected chi connectivity index (χ4v) is 0.541. The number of hydrogen-bond acceptors (Lipinski definition) is 4. The Morgan fingerprint density at radius 3 is 2.25 bits per heavy atom. The van der Waals surface area contributed by atoms with Gasteiger partial charge in [0.05, 0.1) is 0 Å². The summed E-state index contributed by atoms with van der Waals surface area (Å²) in [4.78, 5) is 20.4. The first-order valence-corrected chi connectivity index (χ1v) is 3.39. The highest BCUT2D eigenvalue weighted by Gasteiger charge is 2.23. The van der Waals surface area contributed by atoms with Gasteiger partial charge in [0.1, 0.15) is 12.2 Å². The molecule has 0 radical (unpaired) electrons. The van der Waals surface area contributed by atoms with E-state index in [-0.39, 0.29) is 6.61 Å². The van der Waals surface area contributed by atoms with Gasteiger partial charge in [0, 0.05) is 6.92 Å². The summed E-state index contributed by atoms with van der Waals surface area (Å²) in [6.45, 7) is 4.21. The van der Waals surface area contributed by atoms with Crippen LogP contribution >= 0.6 is 0 Å². The molecule has 0 rings (SSSR count). The summed E-state index contributed by atoms with van der Waals surface area (Å²) in [5.41, 5.74) is -0.989. The molecule has 0 aliphatic heterocycles. The van der Waals surface area contributed by atoms with Crippen molar-refractivity contribution in [2.24, 2.45) is 0 Å². The van der Waals surface area contributed by atoms with Crippen LogP contribution in [0.3, 0.4) is 0 Å². The molecule has 12 heavy (non-hydrogen) atoms. The zero-order chi connectivity index (χ0) is 9.78. The third-order valence-corrected chi connectivity index (χ3v) is 0.987. The molecule has 0 saturated heterocycles. The molecule has 0 amide bonds. The summed E-state index contributed by atoms with van der Waals surface area (Å²) in [7, 11) is 0. The van der Waals surface area contributed by atoms with Gasteiger partial charge in [-0.15, -0.1) is 0 Å². The summed E-state index contributed by atoms with van der Waals surface area (Å²) in [5, 5.41) is 8.25. The van der Waals surface area contributed by atoms with Gasteiger partial charge in [0.25, 0.3) is 0 Å². The molecular formula is C7H12O5. The lowest BCUT2D eigenvalue weighted by Crippen LogP contribution is -2.33. The van der Waals surface area contributed by atoms with Crippen molar-refractivity contribution in [2.75, 3.05) is 6.61 Å². The molecule has 0 bridgehead atoms. The van der Waals surface area contributed by atoms with E-state index in [1.54, 1.807) is 0 Å². The average molecular weight is 176 g/mol. The normalized spacial score (nSPS) is 10.6. The molecular weight excluding hydrogens is 164 g/mol. The number of ether oxygens (including phenoxy) is 2. The Morgan fingerprint density at radius 1 is 1.42 bits per heavy atom. The van der Waals surface area contributed by atoms with E-state index in [4.69, 9.17) is 5.11 Å². The maximum atomic E-state index is 10.4. The lowest BCUT2D eigenvalue weighted by Gasteiger charge is -2.21. The standard InChI is InChI=1S/C7H12O5/c1-5(8)11-4-7(2,3)12-6(9)10/h4H2,1-3H3,(H,9,10). The molecule has 0 unspecified atom stereocenters. The largest absolute Gasteiger partial charge is 0.506 e. The summed E-state index contributed by atoms with van der Waals surface area (Å²) in [6, 6.07) is 0. The average Bonchev–Trinajstić information content (AvgIpc) is 1.81. The van der Waals surface area contributed by atoms with E-state index in [2.05, 4.69) is 9.47 Å². The molecule has 0 aromatic rings. The molecule has 0 aromatic heterocycles. The quantitative estimate of drug-likeness (QED) is 0.650. The highest BCUT2D eigenvalue weighted by Crippen LogP contribution is 2.09. The van der Waals surface area contributed by atoms with E-state index in [0.29, 0.717) is 0 Å². The van der Waals surface area contributed by atoms with Crippen LogP contribution in [0.1, 0.15) is 20.8 Å². The SMILES string of the molecule is CC(=O)OCC(C)(C)OC(=O)O. The van der Waals surface area contributed by atoms with Gasteiger partial charge in [0.2, 0.25) is 0 Å². The molecule has 5 nitrogen and oxygen atoms in total. The van der Waals surface area contributed by atoms with Crippen molar-refractivity contribution >= 4 is 12.1 Å². The predicted octanol–water partition coefficient (Wildman–Crippen LogP) is 1.02. The van der Waals surface area contributed by atoms with Crippen LogP contribution in [-0.2, 0) is 14.3 Å². The Kier molecular flexibility index (Phi) is 3.53. The zero-order valence-corrected chi connectivity index (χ0v) is 7.29. The van der Waals surface area contributed by atoms with Crippen molar-refractivity contribution in [3.8, 4) is 0 Å². The number of hydrogen-bond donors (Lipinski definition) is 1. The summed E-state index contributed by atoms with van der Waals surface area (Å²) in [5.74, 6) is -0.461. The number of esters is 1. The van der Waals surface area contributed by atoms with E-state index in [9.17, 15) is 9.59 Å². The molecule has 0 fully saturated rings. The predicted molar refractivity (Wildman–Crippen MR) is 39.8 cm³/mol. The maximum Gasteiger partial charge on any atom is 0.506 e. The Labute approximate surface area is 70.3 Å². The summed E-state index contributed by atoms with van der Waals surface area (Å²) in [6.07, 6.45) is -1.38. The topological polar surface area (TPSA) is 72.8 Å². The molecule has 0 spiro atoms. The first-order chi connectivity index (χ1) is 5.33. The third-order valence-electron chi connectivity index (χ3n) is 0.987. The molecule has 0 aliphatic carbocycles. The molecule has 0 aromatic carbocycles. The second-order valence-corrected chi connectivity index (χ2v) is 2.91. The van der Waals surface area contributed by atoms with Crippen molar-refractivity contribution in [2.45, 2.75) is 26.4 Å². The van der Waals surface area contributed by atoms with Gasteiger partial charge in [-0.1, -0.05) is 0 Å². The first kappa shape index (κ1) is 10.7. The lowest BCUT2D eigenvalue weighted by molar-refractivity contribution is -0.148. The van der Waals surface area contributed by atoms with Crippen LogP contribution < -0.4 is 0 Å². The van der Waals surface area contributed by atoms with E-state index >= 15 is 0 Å². The zero-order valence-electron chi connectivity index (χ0n) is 7.29. The third kappa shape index (κ3) is 5.52. The molecule has 0 atom stereocenters. The van der Waals surface area contributed by atoms with Gasteiger partial charge in [-0.25, -0.2) is 4.79 Å². The monoisotopic (exact) mass is 176 g/mol. The fourth-order valence-electron chi connectivity index (χ4n) is 0.541. The molecule has 70 valence electrons. The molecule has 5 heteroatoms. The minimum Gasteiger partial charge on any atom is -0.462 e. The van der Waals surface area contributed by atoms with Crippen LogP contribution in [0.4, 0.5) is 4.79 Å². The van der Waals surface area contributed by atoms with Crippen LogP contribution in [0.2, 0.25) is 0 Å². The van der Waals surface area contributed by atoms with Gasteiger partial charge in [0.15, 0.2) is 0 Å². The molecule has 0 heterocycles. The lowest BCUT2D eigenvalue weighted by atomic mass is 10.1. The van der Waals surface area contributed by atoms with E-state index in [1.165, 1.54) is 20.8 Å². The van der Waals surface area contributed by atoms with Crippen LogP contribution in [0.15, 0.2) is 0 Å². The van der Waals surface area contributed by atoms with Crippen LogP contribution in [-0.4, -0.2) is 29.4 Å². The smallest absolute Gasteiger partial charge is 0.462 e. The van der Waals surface area contributed by atoms with Crippen molar-refractivity contribution in [1.82, 2.24) is 0 Å². The van der Waals surface area contributed by atoms with Crippen molar-refractivity contribution in [3.63, 3.8) is 0 Å². The Hall–Kier alpha value is -1.26. The number of carbonyl (C=O) groups excluding carboxylic acids is 1. The molecule has 0 saturated carbocycles. The summed E-state index contributed by atoms with van der Waals surface area (Å²) >= 11 is 0. The van der Waals surface area contributed by atoms with E-state index < -0.39 is 17.7 Å². The summed E-state index contributed by atoms with van der Waals surface area (Å²) < 4.78 is 9.01. The van der Waals surface area contributed by atoms with Crippen molar-refractivity contribution in [3.05, 3.63) is 0 Å². The van der Waals surface area contributed by atoms with Crippen molar-refractivity contribution in [1.29, 1.82) is 0 Å². The van der Waals surface area contributed by atoms with E-state index in [1.807, 2.05) is 0 Å². The van der Waals surface area contributed by atoms with Gasteiger partial charge in [-0.2, -0.15) is 0 Å². The minimum atomic E-state index is -1.38. The van der Waals surface area contributed by atoms with Crippen molar-refractivity contribution < 1.29 is 24.2 Å². The van der Waals surface area contributed by atoms with Crippen LogP contribution in [0.5, 0.6) is 0 Å². The van der Waals surface area contributed by atoms with Gasteiger partial charge >= 0.3 is 12.1 Å². The van der Waals surface area contributed by atoms with Crippen LogP contribution in [0, 0.1) is 0 Å². The van der Waals surface area contributed by atoms with Gasteiger partial charge in [-0.3, -0.25) is 4.79 Å². The Morgan fingerprint density at radius 2 is 1.92 bits per heavy atom. The highest BCUT2D eigenvalue weighted by atomic mass is 16.7. The Balaban J connectivity index is 3.86. The Bertz CT molecular complexity index is 184. The van der Waals surface area contributed by atoms with Gasteiger partial charge < -0.3 is 14.6 Å². The maximum absolute atomic E-state index is 10.4. The number of rotatable bonds is 3. The number of carbonyl (C=O) groups is 2. The van der Waals surface area contributed by atoms with Crippen LogP contribution in [0.25, 0.3) is 0 Å². The van der Waals surface area contributed by atoms with Gasteiger partial charge in [-0.05, 0) is 13.8 Å².